The molecule has 0 N–H and O–H groups in total. The third-order valence-corrected chi connectivity index (χ3v) is 4.79. The Morgan fingerprint density at radius 2 is 2.08 bits per heavy atom. The molecule has 3 rings (SSSR count). The summed E-state index contributed by atoms with van der Waals surface area (Å²) in [5.74, 6) is 0.495. The zero-order chi connectivity index (χ0) is 18.7. The second-order valence-corrected chi connectivity index (χ2v) is 6.67. The van der Waals surface area contributed by atoms with Crippen molar-refractivity contribution < 1.29 is 9.72 Å². The van der Waals surface area contributed by atoms with Crippen LogP contribution in [0.15, 0.2) is 36.5 Å². The van der Waals surface area contributed by atoms with Crippen molar-refractivity contribution in [3.8, 4) is 0 Å². The molecule has 1 fully saturated rings. The summed E-state index contributed by atoms with van der Waals surface area (Å²) in [7, 11) is 1.65. The van der Waals surface area contributed by atoms with Gasteiger partial charge in [-0.15, -0.1) is 0 Å². The Labute approximate surface area is 156 Å². The number of non-ortho nitro benzene ring substituents is 1. The van der Waals surface area contributed by atoms with Crippen LogP contribution in [0.3, 0.4) is 0 Å². The predicted molar refractivity (Wildman–Crippen MR) is 99.6 cm³/mol. The fourth-order valence-corrected chi connectivity index (χ4v) is 3.25. The van der Waals surface area contributed by atoms with Crippen molar-refractivity contribution in [1.29, 1.82) is 0 Å². The average molecular weight is 375 g/mol. The second-order valence-electron chi connectivity index (χ2n) is 6.26. The van der Waals surface area contributed by atoms with Crippen LogP contribution in [0.1, 0.15) is 28.8 Å². The van der Waals surface area contributed by atoms with Crippen LogP contribution in [0, 0.1) is 10.1 Å². The van der Waals surface area contributed by atoms with E-state index in [1.807, 2.05) is 0 Å². The summed E-state index contributed by atoms with van der Waals surface area (Å²) in [6.07, 6.45) is 3.86. The molecule has 1 saturated heterocycles. The SMILES string of the molecule is CN(Cc1cc([N+](=O)[O-])ccc1Cl)C(=O)c1cccnc1N1CCCC1. The highest BCUT2D eigenvalue weighted by Gasteiger charge is 2.23. The summed E-state index contributed by atoms with van der Waals surface area (Å²) in [4.78, 5) is 31.4. The van der Waals surface area contributed by atoms with Gasteiger partial charge in [-0.25, -0.2) is 4.98 Å². The highest BCUT2D eigenvalue weighted by atomic mass is 35.5. The quantitative estimate of drug-likeness (QED) is 0.591. The molecule has 0 spiro atoms. The molecule has 0 radical (unpaired) electrons. The van der Waals surface area contributed by atoms with E-state index in [-0.39, 0.29) is 18.1 Å². The van der Waals surface area contributed by atoms with Crippen molar-refractivity contribution in [2.75, 3.05) is 25.0 Å². The van der Waals surface area contributed by atoms with Gasteiger partial charge in [-0.1, -0.05) is 11.6 Å². The lowest BCUT2D eigenvalue weighted by atomic mass is 10.1. The van der Waals surface area contributed by atoms with E-state index in [1.54, 1.807) is 25.4 Å². The number of aromatic nitrogens is 1. The first kappa shape index (κ1) is 18.1. The molecule has 0 unspecified atom stereocenters. The van der Waals surface area contributed by atoms with Crippen LogP contribution in [-0.4, -0.2) is 40.9 Å². The fourth-order valence-electron chi connectivity index (χ4n) is 3.07. The van der Waals surface area contributed by atoms with E-state index in [2.05, 4.69) is 9.88 Å². The number of amides is 1. The van der Waals surface area contributed by atoms with E-state index in [0.29, 0.717) is 22.0 Å². The van der Waals surface area contributed by atoms with Crippen LogP contribution < -0.4 is 4.90 Å². The van der Waals surface area contributed by atoms with Gasteiger partial charge in [0.15, 0.2) is 0 Å². The third kappa shape index (κ3) is 3.77. The molecule has 1 amide bonds. The first-order chi connectivity index (χ1) is 12.5. The summed E-state index contributed by atoms with van der Waals surface area (Å²) < 4.78 is 0. The number of nitro benzene ring substituents is 1. The van der Waals surface area contributed by atoms with E-state index in [9.17, 15) is 14.9 Å². The predicted octanol–water partition coefficient (Wildman–Crippen LogP) is 3.52. The van der Waals surface area contributed by atoms with Crippen molar-refractivity contribution in [2.45, 2.75) is 19.4 Å². The van der Waals surface area contributed by atoms with Gasteiger partial charge in [-0.05, 0) is 36.6 Å². The van der Waals surface area contributed by atoms with Crippen LogP contribution in [0.4, 0.5) is 11.5 Å². The van der Waals surface area contributed by atoms with Gasteiger partial charge in [0.2, 0.25) is 0 Å². The average Bonchev–Trinajstić information content (AvgIpc) is 3.17. The van der Waals surface area contributed by atoms with E-state index in [0.717, 1.165) is 25.9 Å². The summed E-state index contributed by atoms with van der Waals surface area (Å²) in [6, 6.07) is 7.72. The molecule has 2 heterocycles. The minimum Gasteiger partial charge on any atom is -0.356 e. The van der Waals surface area contributed by atoms with E-state index in [1.165, 1.54) is 23.1 Å². The minimum absolute atomic E-state index is 0.0515. The van der Waals surface area contributed by atoms with Gasteiger partial charge in [0, 0.05) is 50.0 Å². The Kier molecular flexibility index (Phi) is 5.37. The molecule has 0 bridgehead atoms. The minimum atomic E-state index is -0.478. The number of benzene rings is 1. The van der Waals surface area contributed by atoms with Gasteiger partial charge in [0.1, 0.15) is 5.82 Å². The monoisotopic (exact) mass is 374 g/mol. The first-order valence-corrected chi connectivity index (χ1v) is 8.73. The van der Waals surface area contributed by atoms with Crippen molar-refractivity contribution >= 4 is 29.0 Å². The number of halogens is 1. The molecule has 7 nitrogen and oxygen atoms in total. The molecule has 1 aromatic heterocycles. The number of carbonyl (C=O) groups is 1. The van der Waals surface area contributed by atoms with Gasteiger partial charge in [-0.2, -0.15) is 0 Å². The number of anilines is 1. The molecule has 2 aromatic rings. The number of rotatable bonds is 5. The lowest BCUT2D eigenvalue weighted by molar-refractivity contribution is -0.384. The Morgan fingerprint density at radius 3 is 2.77 bits per heavy atom. The third-order valence-electron chi connectivity index (χ3n) is 4.42. The number of pyridine rings is 1. The maximum atomic E-state index is 12.9. The Bertz CT molecular complexity index is 837. The van der Waals surface area contributed by atoms with E-state index < -0.39 is 4.92 Å². The summed E-state index contributed by atoms with van der Waals surface area (Å²) in [6.45, 7) is 1.95. The second kappa shape index (κ2) is 7.70. The molecular formula is C18H19ClN4O3. The van der Waals surface area contributed by atoms with Crippen molar-refractivity contribution in [3.63, 3.8) is 0 Å². The zero-order valence-corrected chi connectivity index (χ0v) is 15.1. The Hall–Kier alpha value is -2.67. The highest BCUT2D eigenvalue weighted by molar-refractivity contribution is 6.31. The number of nitro groups is 1. The molecule has 1 aliphatic rings. The lowest BCUT2D eigenvalue weighted by Gasteiger charge is -2.23. The normalized spacial score (nSPS) is 13.7. The topological polar surface area (TPSA) is 79.6 Å². The Balaban J connectivity index is 1.83. The zero-order valence-electron chi connectivity index (χ0n) is 14.4. The first-order valence-electron chi connectivity index (χ1n) is 8.35. The highest BCUT2D eigenvalue weighted by Crippen LogP contribution is 2.26. The van der Waals surface area contributed by atoms with E-state index >= 15 is 0 Å². The van der Waals surface area contributed by atoms with Crippen molar-refractivity contribution in [1.82, 2.24) is 9.88 Å². The molecular weight excluding hydrogens is 356 g/mol. The van der Waals surface area contributed by atoms with Crippen molar-refractivity contribution in [2.24, 2.45) is 0 Å². The smallest absolute Gasteiger partial charge is 0.269 e. The van der Waals surface area contributed by atoms with Gasteiger partial charge < -0.3 is 9.80 Å². The largest absolute Gasteiger partial charge is 0.356 e. The molecule has 0 atom stereocenters. The molecule has 1 aliphatic heterocycles. The molecule has 8 heteroatoms. The van der Waals surface area contributed by atoms with Crippen molar-refractivity contribution in [3.05, 3.63) is 62.8 Å². The van der Waals surface area contributed by atoms with Gasteiger partial charge in [0.05, 0.1) is 10.5 Å². The molecule has 136 valence electrons. The maximum Gasteiger partial charge on any atom is 0.269 e. The number of nitrogens with zero attached hydrogens (tertiary/aromatic N) is 4. The number of hydrogen-bond donors (Lipinski definition) is 0. The van der Waals surface area contributed by atoms with Gasteiger partial charge in [0.25, 0.3) is 11.6 Å². The van der Waals surface area contributed by atoms with Crippen LogP contribution >= 0.6 is 11.6 Å². The molecule has 0 saturated carbocycles. The standard InChI is InChI=1S/C18H19ClN4O3/c1-21(12-13-11-14(23(25)26)6-7-16(13)19)18(24)15-5-4-8-20-17(15)22-9-2-3-10-22/h4-8,11H,2-3,9-10,12H2,1H3. The summed E-state index contributed by atoms with van der Waals surface area (Å²) >= 11 is 6.15. The van der Waals surface area contributed by atoms with Crippen LogP contribution in [0.5, 0.6) is 0 Å². The van der Waals surface area contributed by atoms with Crippen LogP contribution in [0.2, 0.25) is 5.02 Å². The maximum absolute atomic E-state index is 12.9. The van der Waals surface area contributed by atoms with Gasteiger partial charge >= 0.3 is 0 Å². The van der Waals surface area contributed by atoms with Crippen LogP contribution in [0.25, 0.3) is 0 Å². The van der Waals surface area contributed by atoms with Crippen LogP contribution in [-0.2, 0) is 6.54 Å². The number of carbonyl (C=O) groups excluding carboxylic acids is 1. The fraction of sp³-hybridized carbons (Fsp3) is 0.333. The Morgan fingerprint density at radius 1 is 1.35 bits per heavy atom. The molecule has 0 aliphatic carbocycles. The van der Waals surface area contributed by atoms with E-state index in [4.69, 9.17) is 11.6 Å². The summed E-state index contributed by atoms with van der Waals surface area (Å²) in [5.41, 5.74) is 1.01. The number of hydrogen-bond acceptors (Lipinski definition) is 5. The molecule has 1 aromatic carbocycles. The lowest BCUT2D eigenvalue weighted by Crippen LogP contribution is -2.29. The van der Waals surface area contributed by atoms with Gasteiger partial charge in [-0.3, -0.25) is 14.9 Å². The summed E-state index contributed by atoms with van der Waals surface area (Å²) in [5, 5.41) is 11.4. The molecule has 26 heavy (non-hydrogen) atoms.